The first-order valence-electron chi connectivity index (χ1n) is 8.32. The Balaban J connectivity index is 1.47. The van der Waals surface area contributed by atoms with Crippen molar-refractivity contribution < 1.29 is 9.32 Å². The first-order valence-corrected chi connectivity index (χ1v) is 8.70. The van der Waals surface area contributed by atoms with Gasteiger partial charge in [0.05, 0.1) is 0 Å². The number of amides is 1. The van der Waals surface area contributed by atoms with E-state index < -0.39 is 0 Å². The second-order valence-corrected chi connectivity index (χ2v) is 6.53. The summed E-state index contributed by atoms with van der Waals surface area (Å²) in [6.07, 6.45) is 3.75. The van der Waals surface area contributed by atoms with Crippen molar-refractivity contribution in [3.63, 3.8) is 0 Å². The van der Waals surface area contributed by atoms with E-state index >= 15 is 0 Å². The predicted octanol–water partition coefficient (Wildman–Crippen LogP) is 2.69. The lowest BCUT2D eigenvalue weighted by atomic mass is 10.1. The number of hydrogen-bond acceptors (Lipinski definition) is 5. The van der Waals surface area contributed by atoms with Crippen molar-refractivity contribution in [2.24, 2.45) is 0 Å². The molecule has 0 atom stereocenters. The number of hydrogen-bond donors (Lipinski definition) is 1. The van der Waals surface area contributed by atoms with Crippen molar-refractivity contribution in [1.29, 1.82) is 0 Å². The number of nitrogens with one attached hydrogen (secondary N) is 1. The zero-order chi connectivity index (χ0) is 17.6. The number of aryl methyl sites for hydroxylation is 1. The molecule has 0 aliphatic carbocycles. The van der Waals surface area contributed by atoms with Crippen LogP contribution in [0.15, 0.2) is 34.9 Å². The molecule has 25 heavy (non-hydrogen) atoms. The van der Waals surface area contributed by atoms with Crippen LogP contribution in [0.3, 0.4) is 0 Å². The number of likely N-dealkylation sites (N-methyl/N-ethyl adjacent to an activating group) is 1. The largest absolute Gasteiger partial charge is 0.352 e. The quantitative estimate of drug-likeness (QED) is 0.857. The molecular formula is C18H21ClN4O2. The standard InChI is InChI=1S/C18H21ClN4O2/c1-23-10-8-13(9-11-23)18-21-17(25-22-18)7-6-16(24)20-12-14-4-2-3-5-15(14)19/h2-5,8H,6-7,9-12H2,1H3,(H,20,24). The topological polar surface area (TPSA) is 71.3 Å². The van der Waals surface area contributed by atoms with Crippen LogP contribution in [0, 0.1) is 0 Å². The molecule has 0 unspecified atom stereocenters. The van der Waals surface area contributed by atoms with Gasteiger partial charge in [0.15, 0.2) is 5.82 Å². The first kappa shape index (κ1) is 17.6. The molecule has 0 fully saturated rings. The van der Waals surface area contributed by atoms with Gasteiger partial charge in [-0.3, -0.25) is 4.79 Å². The van der Waals surface area contributed by atoms with Gasteiger partial charge in [0.2, 0.25) is 11.8 Å². The minimum absolute atomic E-state index is 0.0711. The molecule has 0 radical (unpaired) electrons. The molecule has 2 heterocycles. The van der Waals surface area contributed by atoms with E-state index in [9.17, 15) is 4.79 Å². The Morgan fingerprint density at radius 1 is 1.40 bits per heavy atom. The van der Waals surface area contributed by atoms with Crippen molar-refractivity contribution in [3.05, 3.63) is 52.6 Å². The Morgan fingerprint density at radius 2 is 2.24 bits per heavy atom. The Morgan fingerprint density at radius 3 is 3.00 bits per heavy atom. The highest BCUT2D eigenvalue weighted by molar-refractivity contribution is 6.31. The van der Waals surface area contributed by atoms with Crippen molar-refractivity contribution >= 4 is 23.1 Å². The maximum absolute atomic E-state index is 12.0. The Hall–Kier alpha value is -2.18. The van der Waals surface area contributed by atoms with E-state index in [-0.39, 0.29) is 5.91 Å². The highest BCUT2D eigenvalue weighted by Crippen LogP contribution is 2.19. The SMILES string of the molecule is CN1CC=C(c2noc(CCC(=O)NCc3ccccc3Cl)n2)CC1. The number of halogens is 1. The lowest BCUT2D eigenvalue weighted by molar-refractivity contribution is -0.121. The van der Waals surface area contributed by atoms with Crippen LogP contribution < -0.4 is 5.32 Å². The van der Waals surface area contributed by atoms with Crippen LogP contribution in [0.5, 0.6) is 0 Å². The molecule has 6 nitrogen and oxygen atoms in total. The minimum atomic E-state index is -0.0711. The fourth-order valence-electron chi connectivity index (χ4n) is 2.61. The molecule has 3 rings (SSSR count). The molecule has 132 valence electrons. The fraction of sp³-hybridized carbons (Fsp3) is 0.389. The molecule has 1 N–H and O–H groups in total. The van der Waals surface area contributed by atoms with Crippen LogP contribution in [0.4, 0.5) is 0 Å². The average Bonchev–Trinajstić information content (AvgIpc) is 3.09. The normalized spacial score (nSPS) is 15.0. The molecule has 1 aromatic heterocycles. The monoisotopic (exact) mass is 360 g/mol. The Labute approximate surface area is 151 Å². The summed E-state index contributed by atoms with van der Waals surface area (Å²) in [6.45, 7) is 2.29. The van der Waals surface area contributed by atoms with Crippen molar-refractivity contribution in [1.82, 2.24) is 20.4 Å². The second-order valence-electron chi connectivity index (χ2n) is 6.12. The molecule has 1 aliphatic rings. The molecule has 1 aromatic carbocycles. The third-order valence-corrected chi connectivity index (χ3v) is 4.54. The van der Waals surface area contributed by atoms with Crippen molar-refractivity contribution in [2.75, 3.05) is 20.1 Å². The van der Waals surface area contributed by atoms with E-state index in [1.54, 1.807) is 6.07 Å². The van der Waals surface area contributed by atoms with E-state index in [1.165, 1.54) is 0 Å². The van der Waals surface area contributed by atoms with Crippen LogP contribution in [0.2, 0.25) is 5.02 Å². The van der Waals surface area contributed by atoms with Gasteiger partial charge in [-0.25, -0.2) is 0 Å². The van der Waals surface area contributed by atoms with Crippen molar-refractivity contribution in [3.8, 4) is 0 Å². The summed E-state index contributed by atoms with van der Waals surface area (Å²) < 4.78 is 5.26. The average molecular weight is 361 g/mol. The number of benzene rings is 1. The van der Waals surface area contributed by atoms with Crippen LogP contribution in [0.1, 0.15) is 30.1 Å². The molecular weight excluding hydrogens is 340 g/mol. The van der Waals surface area contributed by atoms with E-state index in [4.69, 9.17) is 16.1 Å². The maximum Gasteiger partial charge on any atom is 0.227 e. The summed E-state index contributed by atoms with van der Waals surface area (Å²) in [7, 11) is 2.08. The third-order valence-electron chi connectivity index (χ3n) is 4.17. The van der Waals surface area contributed by atoms with Gasteiger partial charge in [0.25, 0.3) is 0 Å². The van der Waals surface area contributed by atoms with Crippen LogP contribution >= 0.6 is 11.6 Å². The highest BCUT2D eigenvalue weighted by atomic mass is 35.5. The number of nitrogens with zero attached hydrogens (tertiary/aromatic N) is 3. The number of carbonyl (C=O) groups excluding carboxylic acids is 1. The third kappa shape index (κ3) is 4.90. The molecule has 7 heteroatoms. The summed E-state index contributed by atoms with van der Waals surface area (Å²) in [5.74, 6) is 1.06. The summed E-state index contributed by atoms with van der Waals surface area (Å²) in [5, 5.41) is 7.53. The van der Waals surface area contributed by atoms with E-state index in [2.05, 4.69) is 33.5 Å². The molecule has 1 amide bonds. The second kappa shape index (κ2) is 8.27. The first-order chi connectivity index (χ1) is 12.1. The van der Waals surface area contributed by atoms with Crippen LogP contribution in [-0.2, 0) is 17.8 Å². The Kier molecular flexibility index (Phi) is 5.83. The molecule has 1 aliphatic heterocycles. The lowest BCUT2D eigenvalue weighted by Crippen LogP contribution is -2.24. The van der Waals surface area contributed by atoms with E-state index in [0.717, 1.165) is 30.6 Å². The van der Waals surface area contributed by atoms with Gasteiger partial charge in [0.1, 0.15) is 0 Å². The zero-order valence-electron chi connectivity index (χ0n) is 14.2. The molecule has 2 aromatic rings. The number of carbonyl (C=O) groups is 1. The number of rotatable bonds is 6. The van der Waals surface area contributed by atoms with Gasteiger partial charge < -0.3 is 14.7 Å². The fourth-order valence-corrected chi connectivity index (χ4v) is 2.81. The summed E-state index contributed by atoms with van der Waals surface area (Å²) in [5.41, 5.74) is 2.00. The molecule has 0 saturated carbocycles. The van der Waals surface area contributed by atoms with E-state index in [1.807, 2.05) is 18.2 Å². The van der Waals surface area contributed by atoms with Crippen LogP contribution in [0.25, 0.3) is 5.57 Å². The highest BCUT2D eigenvalue weighted by Gasteiger charge is 2.16. The predicted molar refractivity (Wildman–Crippen MR) is 96.0 cm³/mol. The van der Waals surface area contributed by atoms with Gasteiger partial charge in [-0.15, -0.1) is 0 Å². The van der Waals surface area contributed by atoms with Gasteiger partial charge in [0, 0.05) is 37.5 Å². The minimum Gasteiger partial charge on any atom is -0.352 e. The molecule has 0 spiro atoms. The molecule has 0 saturated heterocycles. The Bertz CT molecular complexity index is 772. The molecule has 0 bridgehead atoms. The maximum atomic E-state index is 12.0. The summed E-state index contributed by atoms with van der Waals surface area (Å²) in [4.78, 5) is 18.6. The summed E-state index contributed by atoms with van der Waals surface area (Å²) >= 11 is 6.07. The summed E-state index contributed by atoms with van der Waals surface area (Å²) in [6, 6.07) is 7.45. The van der Waals surface area contributed by atoms with Gasteiger partial charge in [-0.1, -0.05) is 41.0 Å². The smallest absolute Gasteiger partial charge is 0.227 e. The van der Waals surface area contributed by atoms with Gasteiger partial charge in [-0.05, 0) is 30.7 Å². The van der Waals surface area contributed by atoms with E-state index in [0.29, 0.717) is 36.1 Å². The van der Waals surface area contributed by atoms with Crippen LogP contribution in [-0.4, -0.2) is 41.1 Å². The number of aromatic nitrogens is 2. The zero-order valence-corrected chi connectivity index (χ0v) is 14.9. The lowest BCUT2D eigenvalue weighted by Gasteiger charge is -2.19. The van der Waals surface area contributed by atoms with Gasteiger partial charge in [-0.2, -0.15) is 4.98 Å². The van der Waals surface area contributed by atoms with Crippen molar-refractivity contribution in [2.45, 2.75) is 25.8 Å². The van der Waals surface area contributed by atoms with Gasteiger partial charge >= 0.3 is 0 Å².